The van der Waals surface area contributed by atoms with E-state index in [1.807, 2.05) is 0 Å². The minimum absolute atomic E-state index is 0.138. The molecule has 142 valence electrons. The van der Waals surface area contributed by atoms with Gasteiger partial charge in [0, 0.05) is 23.5 Å². The van der Waals surface area contributed by atoms with Crippen LogP contribution in [0.25, 0.3) is 0 Å². The number of hydrogen-bond acceptors (Lipinski definition) is 5. The van der Waals surface area contributed by atoms with Gasteiger partial charge in [-0.1, -0.05) is 6.07 Å². The van der Waals surface area contributed by atoms with Crippen molar-refractivity contribution in [3.8, 4) is 11.5 Å². The first-order valence-corrected chi connectivity index (χ1v) is 8.48. The zero-order chi connectivity index (χ0) is 19.5. The van der Waals surface area contributed by atoms with Crippen molar-refractivity contribution in [2.24, 2.45) is 0 Å². The van der Waals surface area contributed by atoms with E-state index in [0.29, 0.717) is 30.4 Å². The standard InChI is InChI=1S/C20H15F2N3O3/c21-14-2-1-3-15(22)19(14)25-18-10-12(6-7-23-18)20(26)24-13-4-5-16-17(11-13)28-9-8-27-16/h1-7,10-11H,8-9H2,(H,23,25)(H,24,26). The molecule has 1 aromatic heterocycles. The summed E-state index contributed by atoms with van der Waals surface area (Å²) in [5, 5.41) is 5.31. The van der Waals surface area contributed by atoms with Gasteiger partial charge in [0.15, 0.2) is 11.5 Å². The molecule has 0 fully saturated rings. The molecule has 8 heteroatoms. The number of halogens is 2. The maximum Gasteiger partial charge on any atom is 0.255 e. The third kappa shape index (κ3) is 3.71. The summed E-state index contributed by atoms with van der Waals surface area (Å²) in [6.45, 7) is 0.921. The number of hydrogen-bond donors (Lipinski definition) is 2. The van der Waals surface area contributed by atoms with Crippen LogP contribution in [-0.4, -0.2) is 24.1 Å². The lowest BCUT2D eigenvalue weighted by Crippen LogP contribution is -2.16. The van der Waals surface area contributed by atoms with Gasteiger partial charge >= 0.3 is 0 Å². The summed E-state index contributed by atoms with van der Waals surface area (Å²) in [6, 6.07) is 11.5. The van der Waals surface area contributed by atoms with Gasteiger partial charge in [0.1, 0.15) is 36.4 Å². The van der Waals surface area contributed by atoms with E-state index in [0.717, 1.165) is 12.1 Å². The number of carbonyl (C=O) groups is 1. The van der Waals surface area contributed by atoms with Gasteiger partial charge in [-0.25, -0.2) is 13.8 Å². The predicted molar refractivity (Wildman–Crippen MR) is 99.3 cm³/mol. The largest absolute Gasteiger partial charge is 0.486 e. The van der Waals surface area contributed by atoms with Gasteiger partial charge in [0.2, 0.25) is 0 Å². The molecule has 2 N–H and O–H groups in total. The average molecular weight is 383 g/mol. The number of anilines is 3. The third-order valence-corrected chi connectivity index (χ3v) is 4.04. The van der Waals surface area contributed by atoms with E-state index >= 15 is 0 Å². The number of aromatic nitrogens is 1. The van der Waals surface area contributed by atoms with Crippen molar-refractivity contribution in [3.05, 3.63) is 71.9 Å². The fourth-order valence-corrected chi connectivity index (χ4v) is 2.71. The normalized spacial score (nSPS) is 12.4. The second kappa shape index (κ2) is 7.51. The van der Waals surface area contributed by atoms with Gasteiger partial charge in [-0.2, -0.15) is 0 Å². The van der Waals surface area contributed by atoms with E-state index in [1.54, 1.807) is 18.2 Å². The smallest absolute Gasteiger partial charge is 0.255 e. The molecule has 3 aromatic rings. The van der Waals surface area contributed by atoms with Crippen LogP contribution in [0.2, 0.25) is 0 Å². The number of nitrogens with one attached hydrogen (secondary N) is 2. The summed E-state index contributed by atoms with van der Waals surface area (Å²) < 4.78 is 38.5. The fraction of sp³-hybridized carbons (Fsp3) is 0.100. The van der Waals surface area contributed by atoms with Crippen molar-refractivity contribution in [3.63, 3.8) is 0 Å². The van der Waals surface area contributed by atoms with Crippen LogP contribution in [0.15, 0.2) is 54.7 Å². The number of amides is 1. The lowest BCUT2D eigenvalue weighted by Gasteiger charge is -2.19. The molecule has 0 aliphatic carbocycles. The summed E-state index contributed by atoms with van der Waals surface area (Å²) in [6.07, 6.45) is 1.37. The second-order valence-corrected chi connectivity index (χ2v) is 5.96. The van der Waals surface area contributed by atoms with Gasteiger partial charge in [-0.3, -0.25) is 4.79 Å². The topological polar surface area (TPSA) is 72.5 Å². The summed E-state index contributed by atoms with van der Waals surface area (Å²) in [4.78, 5) is 16.5. The number of fused-ring (bicyclic) bond motifs is 1. The monoisotopic (exact) mass is 383 g/mol. The number of pyridine rings is 1. The highest BCUT2D eigenvalue weighted by Gasteiger charge is 2.15. The zero-order valence-corrected chi connectivity index (χ0v) is 14.5. The van der Waals surface area contributed by atoms with Crippen molar-refractivity contribution in [1.82, 2.24) is 4.98 Å². The average Bonchev–Trinajstić information content (AvgIpc) is 2.71. The Morgan fingerprint density at radius 1 is 0.964 bits per heavy atom. The van der Waals surface area contributed by atoms with Gasteiger partial charge in [-0.05, 0) is 36.4 Å². The van der Waals surface area contributed by atoms with Crippen LogP contribution >= 0.6 is 0 Å². The first kappa shape index (κ1) is 17.7. The van der Waals surface area contributed by atoms with Crippen molar-refractivity contribution in [2.75, 3.05) is 23.8 Å². The zero-order valence-electron chi connectivity index (χ0n) is 14.5. The number of rotatable bonds is 4. The highest BCUT2D eigenvalue weighted by atomic mass is 19.1. The molecule has 1 aliphatic rings. The summed E-state index contributed by atoms with van der Waals surface area (Å²) in [7, 11) is 0. The van der Waals surface area contributed by atoms with Crippen LogP contribution in [0.1, 0.15) is 10.4 Å². The molecule has 0 atom stereocenters. The van der Waals surface area contributed by atoms with Crippen LogP contribution in [0.5, 0.6) is 11.5 Å². The molecule has 0 saturated carbocycles. The Hall–Kier alpha value is -3.68. The first-order chi connectivity index (χ1) is 13.6. The number of benzene rings is 2. The van der Waals surface area contributed by atoms with Gasteiger partial charge in [0.05, 0.1) is 0 Å². The number of nitrogens with zero attached hydrogens (tertiary/aromatic N) is 1. The first-order valence-electron chi connectivity index (χ1n) is 8.48. The Morgan fingerprint density at radius 3 is 2.50 bits per heavy atom. The van der Waals surface area contributed by atoms with Crippen LogP contribution in [0, 0.1) is 11.6 Å². The molecule has 4 rings (SSSR count). The van der Waals surface area contributed by atoms with Crippen LogP contribution in [0.4, 0.5) is 26.0 Å². The van der Waals surface area contributed by atoms with Crippen molar-refractivity contribution in [2.45, 2.75) is 0 Å². The number of carbonyl (C=O) groups excluding carboxylic acids is 1. The van der Waals surface area contributed by atoms with Gasteiger partial charge in [0.25, 0.3) is 5.91 Å². The fourth-order valence-electron chi connectivity index (χ4n) is 2.71. The van der Waals surface area contributed by atoms with E-state index in [1.165, 1.54) is 24.4 Å². The SMILES string of the molecule is O=C(Nc1ccc2c(c1)OCCO2)c1ccnc(Nc2c(F)cccc2F)c1. The Morgan fingerprint density at radius 2 is 1.71 bits per heavy atom. The lowest BCUT2D eigenvalue weighted by molar-refractivity contribution is 0.102. The Kier molecular flexibility index (Phi) is 4.76. The molecule has 6 nitrogen and oxygen atoms in total. The Balaban J connectivity index is 1.52. The molecule has 0 bridgehead atoms. The van der Waals surface area contributed by atoms with E-state index in [9.17, 15) is 13.6 Å². The molecule has 2 aromatic carbocycles. The Labute approximate surface area is 159 Å². The van der Waals surface area contributed by atoms with Crippen LogP contribution in [-0.2, 0) is 0 Å². The summed E-state index contributed by atoms with van der Waals surface area (Å²) in [5.74, 6) is -0.612. The molecule has 28 heavy (non-hydrogen) atoms. The maximum atomic E-state index is 13.8. The second-order valence-electron chi connectivity index (χ2n) is 5.96. The predicted octanol–water partition coefficient (Wildman–Crippen LogP) is 4.13. The molecule has 1 amide bonds. The quantitative estimate of drug-likeness (QED) is 0.709. The van der Waals surface area contributed by atoms with Crippen LogP contribution < -0.4 is 20.1 Å². The highest BCUT2D eigenvalue weighted by molar-refractivity contribution is 6.04. The Bertz CT molecular complexity index is 1020. The molecule has 2 heterocycles. The molecular formula is C20H15F2N3O3. The summed E-state index contributed by atoms with van der Waals surface area (Å²) in [5.41, 5.74) is 0.462. The highest BCUT2D eigenvalue weighted by Crippen LogP contribution is 2.32. The number of para-hydroxylation sites is 1. The molecular weight excluding hydrogens is 368 g/mol. The van der Waals surface area contributed by atoms with Crippen molar-refractivity contribution >= 4 is 23.1 Å². The van der Waals surface area contributed by atoms with Crippen LogP contribution in [0.3, 0.4) is 0 Å². The van der Waals surface area contributed by atoms with Gasteiger partial charge < -0.3 is 20.1 Å². The van der Waals surface area contributed by atoms with E-state index < -0.39 is 17.5 Å². The van der Waals surface area contributed by atoms with Crippen molar-refractivity contribution < 1.29 is 23.0 Å². The van der Waals surface area contributed by atoms with Gasteiger partial charge in [-0.15, -0.1) is 0 Å². The van der Waals surface area contributed by atoms with E-state index in [2.05, 4.69) is 15.6 Å². The molecule has 1 aliphatic heterocycles. The van der Waals surface area contributed by atoms with Crippen molar-refractivity contribution in [1.29, 1.82) is 0 Å². The summed E-state index contributed by atoms with van der Waals surface area (Å²) >= 11 is 0. The molecule has 0 spiro atoms. The minimum Gasteiger partial charge on any atom is -0.486 e. The molecule has 0 unspecified atom stereocenters. The third-order valence-electron chi connectivity index (χ3n) is 4.04. The van der Waals surface area contributed by atoms with E-state index in [-0.39, 0.29) is 17.1 Å². The maximum absolute atomic E-state index is 13.8. The number of ether oxygens (including phenoxy) is 2. The molecule has 0 radical (unpaired) electrons. The lowest BCUT2D eigenvalue weighted by atomic mass is 10.2. The van der Waals surface area contributed by atoms with E-state index in [4.69, 9.17) is 9.47 Å². The molecule has 0 saturated heterocycles. The minimum atomic E-state index is -0.757.